The summed E-state index contributed by atoms with van der Waals surface area (Å²) in [4.78, 5) is 1.87. The van der Waals surface area contributed by atoms with Gasteiger partial charge in [-0.15, -0.1) is 0 Å². The number of benzene rings is 1. The molecule has 0 aliphatic rings. The number of nitrogen functional groups attached to an aromatic ring is 1. The summed E-state index contributed by atoms with van der Waals surface area (Å²) in [6.45, 7) is 2.97. The average Bonchev–Trinajstić information content (AvgIpc) is 2.29. The molecule has 1 aromatic carbocycles. The first-order valence-electron chi connectivity index (χ1n) is 5.64. The van der Waals surface area contributed by atoms with Crippen LogP contribution in [0.3, 0.4) is 0 Å². The van der Waals surface area contributed by atoms with Crippen molar-refractivity contribution in [2.75, 3.05) is 37.4 Å². The van der Waals surface area contributed by atoms with E-state index in [2.05, 4.69) is 0 Å². The monoisotopic (exact) mass is 242 g/mol. The van der Waals surface area contributed by atoms with Crippen LogP contribution in [0.1, 0.15) is 13.3 Å². The van der Waals surface area contributed by atoms with Crippen molar-refractivity contribution in [1.29, 1.82) is 0 Å². The van der Waals surface area contributed by atoms with E-state index >= 15 is 0 Å². The van der Waals surface area contributed by atoms with Gasteiger partial charge in [0.15, 0.2) is 11.6 Å². The van der Waals surface area contributed by atoms with Crippen molar-refractivity contribution < 1.29 is 14.2 Å². The highest BCUT2D eigenvalue weighted by atomic mass is 19.1. The number of aliphatic hydroxyl groups excluding tert-OH is 1. The van der Waals surface area contributed by atoms with E-state index in [0.717, 1.165) is 0 Å². The van der Waals surface area contributed by atoms with E-state index in [-0.39, 0.29) is 12.4 Å². The van der Waals surface area contributed by atoms with Crippen molar-refractivity contribution in [2.24, 2.45) is 0 Å². The Labute approximate surface area is 101 Å². The Balaban J connectivity index is 2.93. The molecule has 0 unspecified atom stereocenters. The third-order valence-electron chi connectivity index (χ3n) is 2.44. The van der Waals surface area contributed by atoms with Crippen LogP contribution in [0.25, 0.3) is 0 Å². The second-order valence-corrected chi connectivity index (χ2v) is 3.77. The minimum atomic E-state index is -0.455. The number of nitrogens with zero attached hydrogens (tertiary/aromatic N) is 1. The van der Waals surface area contributed by atoms with E-state index in [4.69, 9.17) is 15.6 Å². The SMILES string of the molecule is CCOc1cc(N(C)CCCO)c(N)cc1F. The van der Waals surface area contributed by atoms with Crippen molar-refractivity contribution in [3.63, 3.8) is 0 Å². The molecule has 4 nitrogen and oxygen atoms in total. The summed E-state index contributed by atoms with van der Waals surface area (Å²) in [5.41, 5.74) is 6.84. The molecule has 1 aromatic rings. The number of halogens is 1. The minimum Gasteiger partial charge on any atom is -0.491 e. The van der Waals surface area contributed by atoms with Crippen molar-refractivity contribution in [3.05, 3.63) is 17.9 Å². The molecule has 0 bridgehead atoms. The van der Waals surface area contributed by atoms with Crippen LogP contribution in [-0.2, 0) is 0 Å². The van der Waals surface area contributed by atoms with Gasteiger partial charge in [-0.3, -0.25) is 0 Å². The Morgan fingerprint density at radius 2 is 2.18 bits per heavy atom. The number of hydrogen-bond donors (Lipinski definition) is 2. The van der Waals surface area contributed by atoms with Gasteiger partial charge in [-0.25, -0.2) is 4.39 Å². The lowest BCUT2D eigenvalue weighted by Gasteiger charge is -2.21. The average molecular weight is 242 g/mol. The third kappa shape index (κ3) is 3.49. The molecule has 0 aliphatic carbocycles. The first kappa shape index (κ1) is 13.6. The zero-order valence-corrected chi connectivity index (χ0v) is 10.2. The van der Waals surface area contributed by atoms with Gasteiger partial charge in [0, 0.05) is 32.3 Å². The molecular formula is C12H19FN2O2. The predicted octanol–water partition coefficient (Wildman–Crippen LogP) is 1.63. The zero-order valence-electron chi connectivity index (χ0n) is 10.2. The van der Waals surface area contributed by atoms with Crippen LogP contribution in [0.2, 0.25) is 0 Å². The molecule has 17 heavy (non-hydrogen) atoms. The molecule has 0 radical (unpaired) electrons. The molecule has 0 aromatic heterocycles. The molecule has 0 heterocycles. The lowest BCUT2D eigenvalue weighted by atomic mass is 10.2. The zero-order chi connectivity index (χ0) is 12.8. The molecule has 0 amide bonds. The van der Waals surface area contributed by atoms with Crippen LogP contribution in [0.5, 0.6) is 5.75 Å². The fourth-order valence-corrected chi connectivity index (χ4v) is 1.58. The van der Waals surface area contributed by atoms with Crippen molar-refractivity contribution in [1.82, 2.24) is 0 Å². The maximum absolute atomic E-state index is 13.5. The van der Waals surface area contributed by atoms with Gasteiger partial charge in [-0.1, -0.05) is 0 Å². The fourth-order valence-electron chi connectivity index (χ4n) is 1.58. The van der Waals surface area contributed by atoms with E-state index < -0.39 is 5.82 Å². The fraction of sp³-hybridized carbons (Fsp3) is 0.500. The summed E-state index contributed by atoms with van der Waals surface area (Å²) in [5.74, 6) is -0.254. The summed E-state index contributed by atoms with van der Waals surface area (Å²) in [5, 5.41) is 8.77. The van der Waals surface area contributed by atoms with E-state index in [1.807, 2.05) is 11.9 Å². The van der Waals surface area contributed by atoms with Gasteiger partial charge >= 0.3 is 0 Å². The summed E-state index contributed by atoms with van der Waals surface area (Å²) in [6.07, 6.45) is 0.636. The molecular weight excluding hydrogens is 223 g/mol. The normalized spacial score (nSPS) is 10.4. The Hall–Kier alpha value is -1.49. The van der Waals surface area contributed by atoms with E-state index in [0.29, 0.717) is 30.9 Å². The summed E-state index contributed by atoms with van der Waals surface area (Å²) >= 11 is 0. The van der Waals surface area contributed by atoms with Gasteiger partial charge in [0.2, 0.25) is 0 Å². The molecule has 96 valence electrons. The van der Waals surface area contributed by atoms with Crippen molar-refractivity contribution in [2.45, 2.75) is 13.3 Å². The number of ether oxygens (including phenoxy) is 1. The Bertz CT molecular complexity index is 372. The summed E-state index contributed by atoms with van der Waals surface area (Å²) in [6, 6.07) is 2.85. The van der Waals surface area contributed by atoms with E-state index in [1.165, 1.54) is 6.07 Å². The Morgan fingerprint density at radius 1 is 1.47 bits per heavy atom. The predicted molar refractivity (Wildman–Crippen MR) is 67.0 cm³/mol. The maximum Gasteiger partial charge on any atom is 0.167 e. The van der Waals surface area contributed by atoms with E-state index in [1.54, 1.807) is 13.0 Å². The molecule has 3 N–H and O–H groups in total. The number of aliphatic hydroxyl groups is 1. The van der Waals surface area contributed by atoms with Crippen LogP contribution < -0.4 is 15.4 Å². The van der Waals surface area contributed by atoms with Gasteiger partial charge in [0.1, 0.15) is 0 Å². The second-order valence-electron chi connectivity index (χ2n) is 3.77. The van der Waals surface area contributed by atoms with Crippen LogP contribution in [0.4, 0.5) is 15.8 Å². The number of anilines is 2. The highest BCUT2D eigenvalue weighted by Gasteiger charge is 2.11. The number of rotatable bonds is 6. The minimum absolute atomic E-state index is 0.115. The van der Waals surface area contributed by atoms with Crippen LogP contribution >= 0.6 is 0 Å². The quantitative estimate of drug-likeness (QED) is 0.744. The molecule has 0 saturated heterocycles. The van der Waals surface area contributed by atoms with Crippen LogP contribution in [0, 0.1) is 5.82 Å². The lowest BCUT2D eigenvalue weighted by Crippen LogP contribution is -2.20. The largest absolute Gasteiger partial charge is 0.491 e. The van der Waals surface area contributed by atoms with Gasteiger partial charge in [0.25, 0.3) is 0 Å². The topological polar surface area (TPSA) is 58.7 Å². The number of nitrogens with two attached hydrogens (primary N) is 1. The van der Waals surface area contributed by atoms with Gasteiger partial charge in [0.05, 0.1) is 18.0 Å². The molecule has 0 spiro atoms. The first-order valence-corrected chi connectivity index (χ1v) is 5.64. The van der Waals surface area contributed by atoms with E-state index in [9.17, 15) is 4.39 Å². The third-order valence-corrected chi connectivity index (χ3v) is 2.44. The molecule has 0 atom stereocenters. The maximum atomic E-state index is 13.5. The second kappa shape index (κ2) is 6.30. The first-order chi connectivity index (χ1) is 8.10. The molecule has 5 heteroatoms. The van der Waals surface area contributed by atoms with Crippen LogP contribution in [0.15, 0.2) is 12.1 Å². The molecule has 1 rings (SSSR count). The van der Waals surface area contributed by atoms with Gasteiger partial charge < -0.3 is 20.5 Å². The highest BCUT2D eigenvalue weighted by molar-refractivity contribution is 5.69. The van der Waals surface area contributed by atoms with Crippen molar-refractivity contribution in [3.8, 4) is 5.75 Å². The van der Waals surface area contributed by atoms with Crippen molar-refractivity contribution >= 4 is 11.4 Å². The molecule has 0 aliphatic heterocycles. The van der Waals surface area contributed by atoms with Crippen LogP contribution in [-0.4, -0.2) is 31.9 Å². The summed E-state index contributed by atoms with van der Waals surface area (Å²) < 4.78 is 18.6. The lowest BCUT2D eigenvalue weighted by molar-refractivity contribution is 0.290. The summed E-state index contributed by atoms with van der Waals surface area (Å²) in [7, 11) is 1.84. The smallest absolute Gasteiger partial charge is 0.167 e. The highest BCUT2D eigenvalue weighted by Crippen LogP contribution is 2.30. The molecule has 0 fully saturated rings. The Morgan fingerprint density at radius 3 is 2.76 bits per heavy atom. The Kier molecular flexibility index (Phi) is 5.03. The van der Waals surface area contributed by atoms with Gasteiger partial charge in [-0.05, 0) is 13.3 Å². The number of hydrogen-bond acceptors (Lipinski definition) is 4. The standard InChI is InChI=1S/C12H19FN2O2/c1-3-17-12-8-11(10(14)7-9(12)13)15(2)5-4-6-16/h7-8,16H,3-6,14H2,1-2H3. The molecule has 0 saturated carbocycles. The van der Waals surface area contributed by atoms with Gasteiger partial charge in [-0.2, -0.15) is 0 Å².